The fraction of sp³-hybridized carbons (Fsp3) is 0.364. The monoisotopic (exact) mass is 175 g/mol. The smallest absolute Gasteiger partial charge is 0.0994 e. The molecule has 0 aromatic heterocycles. The van der Waals surface area contributed by atoms with E-state index in [9.17, 15) is 0 Å². The molecule has 0 aliphatic carbocycles. The maximum Gasteiger partial charge on any atom is 0.0994 e. The van der Waals surface area contributed by atoms with Crippen LogP contribution in [0.3, 0.4) is 0 Å². The van der Waals surface area contributed by atoms with Gasteiger partial charge in [0.05, 0.1) is 18.2 Å². The van der Waals surface area contributed by atoms with Crippen LogP contribution >= 0.6 is 0 Å². The van der Waals surface area contributed by atoms with E-state index in [1.54, 1.807) is 7.11 Å². The molecule has 0 radical (unpaired) electrons. The standard InChI is InChI=1S/C11H13NO/c1-8-4-5-10(6-12)9(2)11(8)7-13-3/h4-5H,7H2,1-3H3. The normalized spacial score (nSPS) is 9.69. The number of nitrogens with zero attached hydrogens (tertiary/aromatic N) is 1. The maximum absolute atomic E-state index is 8.81. The Morgan fingerprint density at radius 2 is 2.08 bits per heavy atom. The van der Waals surface area contributed by atoms with Gasteiger partial charge in [-0.2, -0.15) is 5.26 Å². The quantitative estimate of drug-likeness (QED) is 0.691. The Morgan fingerprint density at radius 3 is 2.62 bits per heavy atom. The topological polar surface area (TPSA) is 33.0 Å². The molecule has 0 heterocycles. The lowest BCUT2D eigenvalue weighted by Gasteiger charge is -2.09. The average molecular weight is 175 g/mol. The molecule has 0 bridgehead atoms. The highest BCUT2D eigenvalue weighted by Gasteiger charge is 2.05. The second kappa shape index (κ2) is 4.06. The van der Waals surface area contributed by atoms with Crippen LogP contribution in [0.4, 0.5) is 0 Å². The lowest BCUT2D eigenvalue weighted by Crippen LogP contribution is -1.97. The summed E-state index contributed by atoms with van der Waals surface area (Å²) in [7, 11) is 1.66. The van der Waals surface area contributed by atoms with Crippen LogP contribution < -0.4 is 0 Å². The number of ether oxygens (including phenoxy) is 1. The first-order valence-electron chi connectivity index (χ1n) is 4.18. The summed E-state index contributed by atoms with van der Waals surface area (Å²) in [4.78, 5) is 0. The van der Waals surface area contributed by atoms with Gasteiger partial charge in [0.2, 0.25) is 0 Å². The van der Waals surface area contributed by atoms with Crippen molar-refractivity contribution in [2.75, 3.05) is 7.11 Å². The second-order valence-corrected chi connectivity index (χ2v) is 3.08. The number of aryl methyl sites for hydroxylation is 1. The van der Waals surface area contributed by atoms with Gasteiger partial charge < -0.3 is 4.74 Å². The zero-order chi connectivity index (χ0) is 9.84. The van der Waals surface area contributed by atoms with Gasteiger partial charge in [-0.05, 0) is 36.6 Å². The fourth-order valence-electron chi connectivity index (χ4n) is 1.38. The summed E-state index contributed by atoms with van der Waals surface area (Å²) in [5.74, 6) is 0. The molecule has 0 aliphatic rings. The van der Waals surface area contributed by atoms with Crippen molar-refractivity contribution in [2.24, 2.45) is 0 Å². The summed E-state index contributed by atoms with van der Waals surface area (Å²) in [6.45, 7) is 4.57. The van der Waals surface area contributed by atoms with E-state index < -0.39 is 0 Å². The van der Waals surface area contributed by atoms with Crippen LogP contribution in [0, 0.1) is 25.2 Å². The van der Waals surface area contributed by atoms with Gasteiger partial charge >= 0.3 is 0 Å². The molecule has 0 aliphatic heterocycles. The van der Waals surface area contributed by atoms with E-state index in [0.29, 0.717) is 6.61 Å². The van der Waals surface area contributed by atoms with E-state index in [1.165, 1.54) is 5.56 Å². The van der Waals surface area contributed by atoms with Crippen LogP contribution in [0.2, 0.25) is 0 Å². The van der Waals surface area contributed by atoms with E-state index in [0.717, 1.165) is 16.7 Å². The van der Waals surface area contributed by atoms with Crippen molar-refractivity contribution in [1.29, 1.82) is 5.26 Å². The van der Waals surface area contributed by atoms with E-state index in [-0.39, 0.29) is 0 Å². The summed E-state index contributed by atoms with van der Waals surface area (Å²) < 4.78 is 5.08. The minimum absolute atomic E-state index is 0.577. The van der Waals surface area contributed by atoms with Gasteiger partial charge in [-0.3, -0.25) is 0 Å². The lowest BCUT2D eigenvalue weighted by atomic mass is 9.99. The third-order valence-electron chi connectivity index (χ3n) is 2.24. The van der Waals surface area contributed by atoms with E-state index >= 15 is 0 Å². The Hall–Kier alpha value is -1.33. The van der Waals surface area contributed by atoms with Crippen molar-refractivity contribution in [2.45, 2.75) is 20.5 Å². The van der Waals surface area contributed by atoms with Crippen molar-refractivity contribution in [3.63, 3.8) is 0 Å². The summed E-state index contributed by atoms with van der Waals surface area (Å²) >= 11 is 0. The summed E-state index contributed by atoms with van der Waals surface area (Å²) in [6, 6.07) is 5.97. The van der Waals surface area contributed by atoms with Crippen molar-refractivity contribution < 1.29 is 4.74 Å². The molecule has 0 amide bonds. The van der Waals surface area contributed by atoms with Crippen molar-refractivity contribution in [3.8, 4) is 6.07 Å². The Balaban J connectivity index is 3.23. The molecule has 2 heteroatoms. The number of hydrogen-bond donors (Lipinski definition) is 0. The Kier molecular flexibility index (Phi) is 3.05. The minimum atomic E-state index is 0.577. The number of hydrogen-bond acceptors (Lipinski definition) is 2. The first-order chi connectivity index (χ1) is 6.20. The Bertz CT molecular complexity index is 350. The molecular weight excluding hydrogens is 162 g/mol. The molecule has 1 rings (SSSR count). The van der Waals surface area contributed by atoms with Crippen LogP contribution in [-0.2, 0) is 11.3 Å². The molecule has 68 valence electrons. The molecule has 0 unspecified atom stereocenters. The highest BCUT2D eigenvalue weighted by atomic mass is 16.5. The van der Waals surface area contributed by atoms with Gasteiger partial charge in [0.25, 0.3) is 0 Å². The van der Waals surface area contributed by atoms with Crippen molar-refractivity contribution >= 4 is 0 Å². The number of benzene rings is 1. The predicted octanol–water partition coefficient (Wildman–Crippen LogP) is 2.32. The van der Waals surface area contributed by atoms with Gasteiger partial charge in [-0.1, -0.05) is 6.07 Å². The fourth-order valence-corrected chi connectivity index (χ4v) is 1.38. The van der Waals surface area contributed by atoms with Crippen LogP contribution in [-0.4, -0.2) is 7.11 Å². The van der Waals surface area contributed by atoms with Crippen LogP contribution in [0.5, 0.6) is 0 Å². The van der Waals surface area contributed by atoms with Gasteiger partial charge in [-0.25, -0.2) is 0 Å². The number of methoxy groups -OCH3 is 1. The average Bonchev–Trinajstić information content (AvgIpc) is 2.12. The van der Waals surface area contributed by atoms with Crippen molar-refractivity contribution in [1.82, 2.24) is 0 Å². The van der Waals surface area contributed by atoms with Crippen molar-refractivity contribution in [3.05, 3.63) is 34.4 Å². The summed E-state index contributed by atoms with van der Waals surface area (Å²) in [5.41, 5.74) is 4.07. The number of rotatable bonds is 2. The van der Waals surface area contributed by atoms with Crippen LogP contribution in [0.1, 0.15) is 22.3 Å². The zero-order valence-corrected chi connectivity index (χ0v) is 8.22. The molecule has 1 aromatic rings. The van der Waals surface area contributed by atoms with E-state index in [4.69, 9.17) is 10.00 Å². The lowest BCUT2D eigenvalue weighted by molar-refractivity contribution is 0.184. The third-order valence-corrected chi connectivity index (χ3v) is 2.24. The van der Waals surface area contributed by atoms with Gasteiger partial charge in [0.15, 0.2) is 0 Å². The molecule has 0 atom stereocenters. The number of nitriles is 1. The minimum Gasteiger partial charge on any atom is -0.380 e. The molecule has 0 saturated heterocycles. The van der Waals surface area contributed by atoms with Gasteiger partial charge in [0, 0.05) is 7.11 Å². The van der Waals surface area contributed by atoms with Gasteiger partial charge in [0.1, 0.15) is 0 Å². The van der Waals surface area contributed by atoms with E-state index in [1.807, 2.05) is 26.0 Å². The molecule has 13 heavy (non-hydrogen) atoms. The molecule has 0 spiro atoms. The maximum atomic E-state index is 8.81. The van der Waals surface area contributed by atoms with Crippen LogP contribution in [0.25, 0.3) is 0 Å². The SMILES string of the molecule is COCc1c(C)ccc(C#N)c1C. The zero-order valence-electron chi connectivity index (χ0n) is 8.22. The van der Waals surface area contributed by atoms with E-state index in [2.05, 4.69) is 6.07 Å². The molecular formula is C11H13NO. The predicted molar refractivity (Wildman–Crippen MR) is 51.3 cm³/mol. The molecule has 2 nitrogen and oxygen atoms in total. The van der Waals surface area contributed by atoms with Gasteiger partial charge in [-0.15, -0.1) is 0 Å². The summed E-state index contributed by atoms with van der Waals surface area (Å²) in [6.07, 6.45) is 0. The molecule has 0 N–H and O–H groups in total. The second-order valence-electron chi connectivity index (χ2n) is 3.08. The Labute approximate surface area is 78.8 Å². The largest absolute Gasteiger partial charge is 0.380 e. The highest BCUT2D eigenvalue weighted by Crippen LogP contribution is 2.18. The highest BCUT2D eigenvalue weighted by molar-refractivity contribution is 5.45. The first-order valence-corrected chi connectivity index (χ1v) is 4.18. The molecule has 0 fully saturated rings. The summed E-state index contributed by atoms with van der Waals surface area (Å²) in [5, 5.41) is 8.81. The van der Waals surface area contributed by atoms with Crippen LogP contribution in [0.15, 0.2) is 12.1 Å². The first kappa shape index (κ1) is 9.76. The third kappa shape index (κ3) is 1.88. The molecule has 0 saturated carbocycles. The molecule has 1 aromatic carbocycles. The Morgan fingerprint density at radius 1 is 1.38 bits per heavy atom.